The number of ether oxygens (including phenoxy) is 1. The zero-order valence-corrected chi connectivity index (χ0v) is 19.0. The Morgan fingerprint density at radius 2 is 1.85 bits per heavy atom. The predicted molar refractivity (Wildman–Crippen MR) is 123 cm³/mol. The van der Waals surface area contributed by atoms with Crippen LogP contribution in [-0.2, 0) is 11.2 Å². The fourth-order valence-corrected chi connectivity index (χ4v) is 3.88. The molecule has 3 aromatic rings. The standard InChI is InChI=1S/C24H26ClFN4O3/c25-20-4-1-2-5-21(20)32-17-16-29-12-14-30(15-13-29)23(31)7-3-6-22-27-24(28-33-22)18-8-10-19(26)11-9-18/h1-2,4-5,8-11H,3,6-7,12-17H2. The Morgan fingerprint density at radius 1 is 1.09 bits per heavy atom. The second-order valence-corrected chi connectivity index (χ2v) is 8.28. The molecule has 2 heterocycles. The van der Waals surface area contributed by atoms with Gasteiger partial charge in [0.25, 0.3) is 0 Å². The number of carbonyl (C=O) groups is 1. The van der Waals surface area contributed by atoms with Gasteiger partial charge in [-0.25, -0.2) is 4.39 Å². The normalized spacial score (nSPS) is 14.4. The van der Waals surface area contributed by atoms with Crippen LogP contribution in [0.25, 0.3) is 11.4 Å². The van der Waals surface area contributed by atoms with E-state index in [1.54, 1.807) is 12.1 Å². The molecule has 1 aliphatic heterocycles. The molecule has 0 atom stereocenters. The van der Waals surface area contributed by atoms with E-state index in [9.17, 15) is 9.18 Å². The Morgan fingerprint density at radius 3 is 2.61 bits per heavy atom. The molecule has 0 N–H and O–H groups in total. The van der Waals surface area contributed by atoms with Gasteiger partial charge in [0.05, 0.1) is 5.02 Å². The van der Waals surface area contributed by atoms with E-state index >= 15 is 0 Å². The lowest BCUT2D eigenvalue weighted by atomic mass is 10.2. The van der Waals surface area contributed by atoms with E-state index in [0.717, 1.165) is 19.6 Å². The van der Waals surface area contributed by atoms with Gasteiger partial charge in [-0.05, 0) is 42.8 Å². The van der Waals surface area contributed by atoms with Gasteiger partial charge in [-0.15, -0.1) is 0 Å². The lowest BCUT2D eigenvalue weighted by Gasteiger charge is -2.34. The van der Waals surface area contributed by atoms with Crippen molar-refractivity contribution < 1.29 is 18.4 Å². The SMILES string of the molecule is O=C(CCCc1nc(-c2ccc(F)cc2)no1)N1CCN(CCOc2ccccc2Cl)CC1. The number of nitrogens with zero attached hydrogens (tertiary/aromatic N) is 4. The van der Waals surface area contributed by atoms with Crippen molar-refractivity contribution in [2.24, 2.45) is 0 Å². The van der Waals surface area contributed by atoms with Crippen LogP contribution >= 0.6 is 11.6 Å². The molecular formula is C24H26ClFN4O3. The summed E-state index contributed by atoms with van der Waals surface area (Å²) < 4.78 is 24.1. The van der Waals surface area contributed by atoms with E-state index in [4.69, 9.17) is 20.9 Å². The van der Waals surface area contributed by atoms with Crippen molar-refractivity contribution in [1.29, 1.82) is 0 Å². The van der Waals surface area contributed by atoms with Crippen LogP contribution < -0.4 is 4.74 Å². The molecule has 1 fully saturated rings. The molecule has 2 aromatic carbocycles. The third kappa shape index (κ3) is 6.52. The van der Waals surface area contributed by atoms with Gasteiger partial charge in [0, 0.05) is 51.1 Å². The second kappa shape index (κ2) is 11.2. The molecule has 33 heavy (non-hydrogen) atoms. The van der Waals surface area contributed by atoms with Gasteiger partial charge in [-0.1, -0.05) is 28.9 Å². The van der Waals surface area contributed by atoms with Crippen molar-refractivity contribution in [2.45, 2.75) is 19.3 Å². The molecule has 0 radical (unpaired) electrons. The molecule has 0 aliphatic carbocycles. The number of hydrogen-bond donors (Lipinski definition) is 0. The predicted octanol–water partition coefficient (Wildman–Crippen LogP) is 4.08. The van der Waals surface area contributed by atoms with Crippen LogP contribution in [0.3, 0.4) is 0 Å². The summed E-state index contributed by atoms with van der Waals surface area (Å²) in [5.74, 6) is 1.42. The largest absolute Gasteiger partial charge is 0.491 e. The molecule has 0 saturated carbocycles. The fraction of sp³-hybridized carbons (Fsp3) is 0.375. The third-order valence-corrected chi connectivity index (χ3v) is 5.89. The minimum atomic E-state index is -0.313. The van der Waals surface area contributed by atoms with E-state index in [1.165, 1.54) is 12.1 Å². The first-order chi connectivity index (χ1) is 16.1. The number of benzene rings is 2. The Labute approximate surface area is 197 Å². The van der Waals surface area contributed by atoms with Gasteiger partial charge in [0.15, 0.2) is 0 Å². The Bertz CT molecular complexity index is 1050. The average Bonchev–Trinajstić information content (AvgIpc) is 3.30. The highest BCUT2D eigenvalue weighted by molar-refractivity contribution is 6.32. The summed E-state index contributed by atoms with van der Waals surface area (Å²) in [6.45, 7) is 4.41. The Balaban J connectivity index is 1.13. The quantitative estimate of drug-likeness (QED) is 0.467. The number of aromatic nitrogens is 2. The van der Waals surface area contributed by atoms with Crippen molar-refractivity contribution in [2.75, 3.05) is 39.3 Å². The Hall–Kier alpha value is -2.97. The summed E-state index contributed by atoms with van der Waals surface area (Å²) >= 11 is 6.11. The van der Waals surface area contributed by atoms with Crippen LogP contribution in [0.4, 0.5) is 4.39 Å². The minimum Gasteiger partial charge on any atom is -0.491 e. The van der Waals surface area contributed by atoms with Gasteiger partial charge >= 0.3 is 0 Å². The van der Waals surface area contributed by atoms with Crippen molar-refractivity contribution in [3.05, 3.63) is 65.3 Å². The Kier molecular flexibility index (Phi) is 7.91. The first kappa shape index (κ1) is 23.2. The van der Waals surface area contributed by atoms with E-state index in [1.807, 2.05) is 29.2 Å². The zero-order chi connectivity index (χ0) is 23.0. The second-order valence-electron chi connectivity index (χ2n) is 7.87. The highest BCUT2D eigenvalue weighted by atomic mass is 35.5. The zero-order valence-electron chi connectivity index (χ0n) is 18.3. The maximum absolute atomic E-state index is 13.0. The fourth-order valence-electron chi connectivity index (χ4n) is 3.69. The molecular weight excluding hydrogens is 447 g/mol. The maximum atomic E-state index is 13.0. The van der Waals surface area contributed by atoms with Gasteiger partial charge in [-0.2, -0.15) is 4.98 Å². The molecule has 4 rings (SSSR count). The summed E-state index contributed by atoms with van der Waals surface area (Å²) in [4.78, 5) is 21.1. The first-order valence-electron chi connectivity index (χ1n) is 11.0. The third-order valence-electron chi connectivity index (χ3n) is 5.58. The molecule has 0 spiro atoms. The van der Waals surface area contributed by atoms with E-state index in [-0.39, 0.29) is 11.7 Å². The van der Waals surface area contributed by atoms with Crippen LogP contribution in [0.2, 0.25) is 5.02 Å². The number of hydrogen-bond acceptors (Lipinski definition) is 6. The average molecular weight is 473 g/mol. The van der Waals surface area contributed by atoms with Crippen LogP contribution in [0.15, 0.2) is 53.1 Å². The molecule has 1 aliphatic rings. The monoisotopic (exact) mass is 472 g/mol. The number of aryl methyl sites for hydroxylation is 1. The topological polar surface area (TPSA) is 71.7 Å². The minimum absolute atomic E-state index is 0.139. The maximum Gasteiger partial charge on any atom is 0.226 e. The van der Waals surface area contributed by atoms with Crippen molar-refractivity contribution >= 4 is 17.5 Å². The number of para-hydroxylation sites is 1. The van der Waals surface area contributed by atoms with Gasteiger partial charge in [0.1, 0.15) is 18.2 Å². The lowest BCUT2D eigenvalue weighted by Crippen LogP contribution is -2.49. The molecule has 1 aromatic heterocycles. The summed E-state index contributed by atoms with van der Waals surface area (Å²) in [5.41, 5.74) is 0.692. The molecule has 9 heteroatoms. The number of carbonyl (C=O) groups excluding carboxylic acids is 1. The van der Waals surface area contributed by atoms with Crippen molar-refractivity contribution in [3.63, 3.8) is 0 Å². The summed E-state index contributed by atoms with van der Waals surface area (Å²) in [6, 6.07) is 13.4. The molecule has 0 unspecified atom stereocenters. The van der Waals surface area contributed by atoms with Gasteiger partial charge in [0.2, 0.25) is 17.6 Å². The van der Waals surface area contributed by atoms with Crippen LogP contribution in [-0.4, -0.2) is 65.2 Å². The van der Waals surface area contributed by atoms with Crippen LogP contribution in [0, 0.1) is 5.82 Å². The highest BCUT2D eigenvalue weighted by Crippen LogP contribution is 2.23. The van der Waals surface area contributed by atoms with Crippen LogP contribution in [0.5, 0.6) is 5.75 Å². The number of amides is 1. The number of piperazine rings is 1. The molecule has 1 saturated heterocycles. The van der Waals surface area contributed by atoms with E-state index < -0.39 is 0 Å². The van der Waals surface area contributed by atoms with Gasteiger partial charge in [-0.3, -0.25) is 9.69 Å². The highest BCUT2D eigenvalue weighted by Gasteiger charge is 2.21. The first-order valence-corrected chi connectivity index (χ1v) is 11.4. The molecule has 174 valence electrons. The van der Waals surface area contributed by atoms with Gasteiger partial charge < -0.3 is 14.2 Å². The smallest absolute Gasteiger partial charge is 0.226 e. The lowest BCUT2D eigenvalue weighted by molar-refractivity contribution is -0.133. The summed E-state index contributed by atoms with van der Waals surface area (Å²) in [5, 5.41) is 4.54. The van der Waals surface area contributed by atoms with Crippen molar-refractivity contribution in [3.8, 4) is 17.1 Å². The van der Waals surface area contributed by atoms with E-state index in [2.05, 4.69) is 15.0 Å². The van der Waals surface area contributed by atoms with E-state index in [0.29, 0.717) is 67.0 Å². The molecule has 1 amide bonds. The van der Waals surface area contributed by atoms with Crippen LogP contribution in [0.1, 0.15) is 18.7 Å². The number of rotatable bonds is 9. The molecule has 0 bridgehead atoms. The number of halogens is 2. The van der Waals surface area contributed by atoms with Crippen molar-refractivity contribution in [1.82, 2.24) is 19.9 Å². The summed E-state index contributed by atoms with van der Waals surface area (Å²) in [7, 11) is 0. The summed E-state index contributed by atoms with van der Waals surface area (Å²) in [6.07, 6.45) is 1.60. The molecule has 7 nitrogen and oxygen atoms in total.